The molecular formula is C11H15N3Sn. The first kappa shape index (κ1) is 10.7. The number of hydrogen-bond acceptors (Lipinski definition) is 2. The molecule has 4 heteroatoms. The fraction of sp³-hybridized carbons (Fsp3) is 0.273. The molecule has 0 bridgehead atoms. The van der Waals surface area contributed by atoms with Crippen LogP contribution in [0.5, 0.6) is 0 Å². The Morgan fingerprint density at radius 2 is 1.67 bits per heavy atom. The van der Waals surface area contributed by atoms with Crippen molar-refractivity contribution in [3.8, 4) is 11.3 Å². The van der Waals surface area contributed by atoms with Crippen LogP contribution in [-0.4, -0.2) is 33.8 Å². The first-order valence-electron chi connectivity index (χ1n) is 5.06. The molecule has 0 fully saturated rings. The summed E-state index contributed by atoms with van der Waals surface area (Å²) in [6.45, 7) is 0. The summed E-state index contributed by atoms with van der Waals surface area (Å²) in [6, 6.07) is 10.2. The van der Waals surface area contributed by atoms with Crippen LogP contribution in [0.25, 0.3) is 11.3 Å². The number of hydrogen-bond donors (Lipinski definition) is 1. The molecule has 1 N–H and O–H groups in total. The number of nitrogens with one attached hydrogen (secondary N) is 1. The Kier molecular flexibility index (Phi) is 2.82. The van der Waals surface area contributed by atoms with Gasteiger partial charge in [-0.25, -0.2) is 0 Å². The van der Waals surface area contributed by atoms with Crippen molar-refractivity contribution < 1.29 is 0 Å². The van der Waals surface area contributed by atoms with Crippen molar-refractivity contribution in [2.24, 2.45) is 0 Å². The molecule has 0 saturated carbocycles. The second-order valence-corrected chi connectivity index (χ2v) is 18.8. The van der Waals surface area contributed by atoms with Crippen molar-refractivity contribution in [3.63, 3.8) is 0 Å². The van der Waals surface area contributed by atoms with Gasteiger partial charge in [-0.1, -0.05) is 0 Å². The number of aromatic amines is 1. The van der Waals surface area contributed by atoms with Crippen LogP contribution in [0.3, 0.4) is 0 Å². The van der Waals surface area contributed by atoms with Crippen LogP contribution in [0.1, 0.15) is 0 Å². The molecule has 1 aromatic carbocycles. The summed E-state index contributed by atoms with van der Waals surface area (Å²) in [7, 11) is 0. The number of aromatic nitrogens is 3. The fourth-order valence-corrected chi connectivity index (χ4v) is 5.25. The van der Waals surface area contributed by atoms with Crippen LogP contribution in [0.15, 0.2) is 30.3 Å². The molecular weight excluding hydrogens is 293 g/mol. The number of rotatable bonds is 2. The summed E-state index contributed by atoms with van der Waals surface area (Å²) in [5, 5.41) is 11.3. The molecule has 3 nitrogen and oxygen atoms in total. The molecule has 0 aliphatic heterocycles. The van der Waals surface area contributed by atoms with Crippen molar-refractivity contribution >= 4 is 22.1 Å². The van der Waals surface area contributed by atoms with E-state index in [-0.39, 0.29) is 0 Å². The van der Waals surface area contributed by atoms with E-state index in [1.165, 1.54) is 3.71 Å². The quantitative estimate of drug-likeness (QED) is 0.863. The predicted octanol–water partition coefficient (Wildman–Crippen LogP) is 2.02. The molecule has 0 radical (unpaired) electrons. The van der Waals surface area contributed by atoms with Crippen LogP contribution < -0.4 is 3.71 Å². The van der Waals surface area contributed by atoms with Crippen LogP contribution >= 0.6 is 0 Å². The molecule has 0 aliphatic rings. The van der Waals surface area contributed by atoms with E-state index in [9.17, 15) is 0 Å². The van der Waals surface area contributed by atoms with Gasteiger partial charge in [-0.05, 0) is 0 Å². The molecule has 2 aromatic rings. The minimum absolute atomic E-state index is 1.04. The van der Waals surface area contributed by atoms with Gasteiger partial charge in [0, 0.05) is 0 Å². The molecule has 1 aromatic heterocycles. The first-order valence-corrected chi connectivity index (χ1v) is 15.0. The number of nitrogens with zero attached hydrogens (tertiary/aromatic N) is 2. The maximum absolute atomic E-state index is 4.32. The third-order valence-electron chi connectivity index (χ3n) is 2.31. The van der Waals surface area contributed by atoms with Gasteiger partial charge in [0.15, 0.2) is 0 Å². The zero-order valence-corrected chi connectivity index (χ0v) is 12.1. The van der Waals surface area contributed by atoms with E-state index < -0.39 is 18.4 Å². The molecule has 0 atom stereocenters. The van der Waals surface area contributed by atoms with Crippen molar-refractivity contribution in [1.82, 2.24) is 15.4 Å². The van der Waals surface area contributed by atoms with Gasteiger partial charge in [0.25, 0.3) is 0 Å². The molecule has 0 spiro atoms. The molecule has 1 heterocycles. The Morgan fingerprint density at radius 1 is 1.00 bits per heavy atom. The average Bonchev–Trinajstić information content (AvgIpc) is 2.67. The van der Waals surface area contributed by atoms with E-state index in [4.69, 9.17) is 0 Å². The van der Waals surface area contributed by atoms with Crippen molar-refractivity contribution in [3.05, 3.63) is 30.3 Å². The zero-order chi connectivity index (χ0) is 10.9. The van der Waals surface area contributed by atoms with E-state index in [0.717, 1.165) is 11.3 Å². The molecule has 0 saturated heterocycles. The summed E-state index contributed by atoms with van der Waals surface area (Å²) in [4.78, 5) is 7.04. The van der Waals surface area contributed by atoms with E-state index >= 15 is 0 Å². The summed E-state index contributed by atoms with van der Waals surface area (Å²) >= 11 is -2.14. The van der Waals surface area contributed by atoms with Crippen molar-refractivity contribution in [1.29, 1.82) is 0 Å². The van der Waals surface area contributed by atoms with Crippen LogP contribution in [0, 0.1) is 0 Å². The van der Waals surface area contributed by atoms with E-state index in [2.05, 4.69) is 42.4 Å². The average molecular weight is 308 g/mol. The zero-order valence-electron chi connectivity index (χ0n) is 9.28. The van der Waals surface area contributed by atoms with Gasteiger partial charge in [-0.2, -0.15) is 0 Å². The number of H-pyrrole nitrogens is 1. The molecule has 0 aliphatic carbocycles. The second-order valence-electron chi connectivity index (χ2n) is 4.64. The molecule has 78 valence electrons. The van der Waals surface area contributed by atoms with Gasteiger partial charge < -0.3 is 0 Å². The Balaban J connectivity index is 2.51. The fourth-order valence-electron chi connectivity index (χ4n) is 1.55. The van der Waals surface area contributed by atoms with Gasteiger partial charge in [0.2, 0.25) is 0 Å². The molecule has 15 heavy (non-hydrogen) atoms. The molecule has 2 rings (SSSR count). The monoisotopic (exact) mass is 309 g/mol. The summed E-state index contributed by atoms with van der Waals surface area (Å²) in [5.41, 5.74) is 2.20. The maximum atomic E-state index is 4.32. The van der Waals surface area contributed by atoms with Crippen LogP contribution in [0.4, 0.5) is 0 Å². The van der Waals surface area contributed by atoms with Crippen LogP contribution in [-0.2, 0) is 0 Å². The first-order chi connectivity index (χ1) is 7.09. The van der Waals surface area contributed by atoms with Crippen LogP contribution in [0.2, 0.25) is 14.8 Å². The summed E-state index contributed by atoms with van der Waals surface area (Å²) in [5.74, 6) is 0. The normalized spacial score (nSPS) is 11.7. The standard InChI is InChI=1S/C8H6N3.3CH3.Sn/c1-2-4-7(5-3-1)8-6-9-11-10-8;;;;/h1-5H,(H,9,10,11);3*1H3;. The minimum atomic E-state index is -2.14. The predicted molar refractivity (Wildman–Crippen MR) is 64.8 cm³/mol. The van der Waals surface area contributed by atoms with E-state index in [1.54, 1.807) is 0 Å². The Bertz CT molecular complexity index is 442. The third-order valence-corrected chi connectivity index (χ3v) is 7.36. The topological polar surface area (TPSA) is 41.6 Å². The summed E-state index contributed by atoms with van der Waals surface area (Å²) < 4.78 is 1.22. The number of benzene rings is 1. The van der Waals surface area contributed by atoms with Gasteiger partial charge in [0.1, 0.15) is 0 Å². The van der Waals surface area contributed by atoms with Gasteiger partial charge in [0.05, 0.1) is 0 Å². The Labute approximate surface area is 93.8 Å². The summed E-state index contributed by atoms with van der Waals surface area (Å²) in [6.07, 6.45) is 0. The second kappa shape index (κ2) is 3.96. The van der Waals surface area contributed by atoms with E-state index in [0.29, 0.717) is 0 Å². The molecule has 0 amide bonds. The van der Waals surface area contributed by atoms with Gasteiger partial charge in [-0.15, -0.1) is 0 Å². The third kappa shape index (κ3) is 2.22. The van der Waals surface area contributed by atoms with Gasteiger partial charge >= 0.3 is 93.9 Å². The Morgan fingerprint density at radius 3 is 2.27 bits per heavy atom. The van der Waals surface area contributed by atoms with Crippen molar-refractivity contribution in [2.45, 2.75) is 14.8 Å². The SMILES string of the molecule is [CH3][Sn]([CH3])([CH3])[c]1n[nH]nc1-c1ccccc1. The van der Waals surface area contributed by atoms with Gasteiger partial charge in [-0.3, -0.25) is 0 Å². The molecule has 0 unspecified atom stereocenters. The Hall–Kier alpha value is -0.841. The van der Waals surface area contributed by atoms with E-state index in [1.807, 2.05) is 18.2 Å². The van der Waals surface area contributed by atoms with Crippen molar-refractivity contribution in [2.75, 3.05) is 0 Å².